The highest BCUT2D eigenvalue weighted by molar-refractivity contribution is 7.12. The third-order valence-corrected chi connectivity index (χ3v) is 3.55. The lowest BCUT2D eigenvalue weighted by atomic mass is 9.96. The summed E-state index contributed by atoms with van der Waals surface area (Å²) in [5, 5.41) is 1.78. The van der Waals surface area contributed by atoms with Crippen LogP contribution in [-0.4, -0.2) is 17.8 Å². The van der Waals surface area contributed by atoms with E-state index in [2.05, 4.69) is 0 Å². The lowest BCUT2D eigenvalue weighted by molar-refractivity contribution is -0.121. The molecule has 0 atom stereocenters. The second-order valence-corrected chi connectivity index (χ2v) is 4.75. The van der Waals surface area contributed by atoms with E-state index in [-0.39, 0.29) is 6.10 Å². The molecular weight excluding hydrogens is 226 g/mol. The number of rotatable bonds is 3. The zero-order chi connectivity index (χ0) is 11.5. The van der Waals surface area contributed by atoms with E-state index in [4.69, 9.17) is 10.5 Å². The predicted octanol–water partition coefficient (Wildman–Crippen LogP) is 1.74. The Labute approximate surface area is 97.4 Å². The van der Waals surface area contributed by atoms with Gasteiger partial charge in [0.05, 0.1) is 6.10 Å². The summed E-state index contributed by atoms with van der Waals surface area (Å²) in [5.74, 6) is 0.383. The van der Waals surface area contributed by atoms with Gasteiger partial charge in [-0.1, -0.05) is 0 Å². The summed E-state index contributed by atoms with van der Waals surface area (Å²) in [7, 11) is 0. The SMILES string of the molecule is NC(=O)c1sccc1OC1CCC(=O)CC1. The van der Waals surface area contributed by atoms with Crippen LogP contribution in [0.2, 0.25) is 0 Å². The number of carbonyl (C=O) groups is 2. The van der Waals surface area contributed by atoms with Gasteiger partial charge < -0.3 is 10.5 Å². The van der Waals surface area contributed by atoms with Gasteiger partial charge in [0.1, 0.15) is 16.4 Å². The van der Waals surface area contributed by atoms with Crippen LogP contribution in [0.3, 0.4) is 0 Å². The maximum atomic E-state index is 11.1. The first-order chi connectivity index (χ1) is 7.66. The zero-order valence-corrected chi connectivity index (χ0v) is 9.59. The molecule has 86 valence electrons. The quantitative estimate of drug-likeness (QED) is 0.873. The van der Waals surface area contributed by atoms with Crippen LogP contribution in [0.1, 0.15) is 35.4 Å². The van der Waals surface area contributed by atoms with E-state index < -0.39 is 5.91 Å². The van der Waals surface area contributed by atoms with Crippen molar-refractivity contribution in [2.24, 2.45) is 5.73 Å². The van der Waals surface area contributed by atoms with Gasteiger partial charge in [0, 0.05) is 12.8 Å². The van der Waals surface area contributed by atoms with Crippen molar-refractivity contribution in [1.82, 2.24) is 0 Å². The van der Waals surface area contributed by atoms with E-state index in [9.17, 15) is 9.59 Å². The Kier molecular flexibility index (Phi) is 3.24. The molecule has 1 aromatic rings. The van der Waals surface area contributed by atoms with Crippen molar-refractivity contribution in [3.63, 3.8) is 0 Å². The molecular formula is C11H13NO3S. The number of ether oxygens (including phenoxy) is 1. The van der Waals surface area contributed by atoms with Crippen LogP contribution < -0.4 is 10.5 Å². The summed E-state index contributed by atoms with van der Waals surface area (Å²) in [6.07, 6.45) is 2.63. The Morgan fingerprint density at radius 1 is 1.44 bits per heavy atom. The minimum Gasteiger partial charge on any atom is -0.489 e. The molecule has 2 N–H and O–H groups in total. The zero-order valence-electron chi connectivity index (χ0n) is 8.77. The highest BCUT2D eigenvalue weighted by Gasteiger charge is 2.22. The molecule has 4 nitrogen and oxygen atoms in total. The first kappa shape index (κ1) is 11.1. The van der Waals surface area contributed by atoms with Gasteiger partial charge in [0.15, 0.2) is 0 Å². The van der Waals surface area contributed by atoms with Crippen molar-refractivity contribution in [2.75, 3.05) is 0 Å². The Hall–Kier alpha value is -1.36. The predicted molar refractivity (Wildman–Crippen MR) is 60.7 cm³/mol. The molecule has 0 unspecified atom stereocenters. The highest BCUT2D eigenvalue weighted by atomic mass is 32.1. The van der Waals surface area contributed by atoms with Crippen LogP contribution >= 0.6 is 11.3 Å². The first-order valence-corrected chi connectivity index (χ1v) is 6.10. The average molecular weight is 239 g/mol. The van der Waals surface area contributed by atoms with Crippen LogP contribution in [0.25, 0.3) is 0 Å². The first-order valence-electron chi connectivity index (χ1n) is 5.22. The second-order valence-electron chi connectivity index (χ2n) is 3.83. The number of ketones is 1. The lowest BCUT2D eigenvalue weighted by Crippen LogP contribution is -2.24. The molecule has 1 saturated carbocycles. The smallest absolute Gasteiger partial charge is 0.262 e. The fourth-order valence-corrected chi connectivity index (χ4v) is 2.46. The van der Waals surface area contributed by atoms with Gasteiger partial charge in [-0.15, -0.1) is 11.3 Å². The molecule has 1 fully saturated rings. The minimum absolute atomic E-state index is 0.0328. The molecule has 0 spiro atoms. The number of thiophene rings is 1. The summed E-state index contributed by atoms with van der Waals surface area (Å²) in [4.78, 5) is 22.6. The summed E-state index contributed by atoms with van der Waals surface area (Å²) in [5.41, 5.74) is 5.22. The van der Waals surface area contributed by atoms with E-state index in [1.54, 1.807) is 11.4 Å². The Balaban J connectivity index is 2.01. The molecule has 0 bridgehead atoms. The maximum absolute atomic E-state index is 11.1. The van der Waals surface area contributed by atoms with E-state index in [0.717, 1.165) is 12.8 Å². The van der Waals surface area contributed by atoms with E-state index in [1.165, 1.54) is 11.3 Å². The molecule has 1 aliphatic carbocycles. The van der Waals surface area contributed by atoms with Gasteiger partial charge in [0.25, 0.3) is 5.91 Å². The Bertz CT molecular complexity index is 403. The topological polar surface area (TPSA) is 69.4 Å². The van der Waals surface area contributed by atoms with Gasteiger partial charge in [0.2, 0.25) is 0 Å². The summed E-state index contributed by atoms with van der Waals surface area (Å²) in [6, 6.07) is 1.75. The fraction of sp³-hybridized carbons (Fsp3) is 0.455. The summed E-state index contributed by atoms with van der Waals surface area (Å²) >= 11 is 1.28. The molecule has 5 heteroatoms. The van der Waals surface area contributed by atoms with Crippen molar-refractivity contribution in [1.29, 1.82) is 0 Å². The van der Waals surface area contributed by atoms with Gasteiger partial charge in [-0.2, -0.15) is 0 Å². The molecule has 1 aromatic heterocycles. The number of primary amides is 1. The maximum Gasteiger partial charge on any atom is 0.262 e. The monoisotopic (exact) mass is 239 g/mol. The van der Waals surface area contributed by atoms with Crippen LogP contribution in [-0.2, 0) is 4.79 Å². The standard InChI is InChI=1S/C11H13NO3S/c12-11(14)10-9(5-6-16-10)15-8-3-1-7(13)2-4-8/h5-6,8H,1-4H2,(H2,12,14). The van der Waals surface area contributed by atoms with Crippen LogP contribution in [0.15, 0.2) is 11.4 Å². The number of Topliss-reactive ketones (excluding diaryl/α,β-unsaturated/α-hetero) is 1. The third-order valence-electron chi connectivity index (χ3n) is 2.64. The molecule has 1 aliphatic rings. The summed E-state index contributed by atoms with van der Waals surface area (Å²) in [6.45, 7) is 0. The number of carbonyl (C=O) groups excluding carboxylic acids is 2. The number of hydrogen-bond acceptors (Lipinski definition) is 4. The Morgan fingerprint density at radius 3 is 2.75 bits per heavy atom. The van der Waals surface area contributed by atoms with Gasteiger partial charge in [-0.05, 0) is 24.3 Å². The third kappa shape index (κ3) is 2.41. The number of nitrogens with two attached hydrogens (primary N) is 1. The van der Waals surface area contributed by atoms with Gasteiger partial charge in [-0.25, -0.2) is 0 Å². The highest BCUT2D eigenvalue weighted by Crippen LogP contribution is 2.28. The molecule has 16 heavy (non-hydrogen) atoms. The molecule has 0 aliphatic heterocycles. The van der Waals surface area contributed by atoms with Crippen LogP contribution in [0, 0.1) is 0 Å². The number of amides is 1. The average Bonchev–Trinajstić information content (AvgIpc) is 2.69. The van der Waals surface area contributed by atoms with E-state index in [1.807, 2.05) is 0 Å². The number of hydrogen-bond donors (Lipinski definition) is 1. The lowest BCUT2D eigenvalue weighted by Gasteiger charge is -2.22. The van der Waals surface area contributed by atoms with Gasteiger partial charge >= 0.3 is 0 Å². The fourth-order valence-electron chi connectivity index (χ4n) is 1.78. The summed E-state index contributed by atoms with van der Waals surface area (Å²) < 4.78 is 5.69. The van der Waals surface area contributed by atoms with Crippen molar-refractivity contribution < 1.29 is 14.3 Å². The normalized spacial score (nSPS) is 17.4. The van der Waals surface area contributed by atoms with E-state index >= 15 is 0 Å². The molecule has 0 saturated heterocycles. The Morgan fingerprint density at radius 2 is 2.12 bits per heavy atom. The van der Waals surface area contributed by atoms with Gasteiger partial charge in [-0.3, -0.25) is 9.59 Å². The second kappa shape index (κ2) is 4.65. The van der Waals surface area contributed by atoms with Crippen molar-refractivity contribution in [3.8, 4) is 5.75 Å². The largest absolute Gasteiger partial charge is 0.489 e. The van der Waals surface area contributed by atoms with Crippen LogP contribution in [0.4, 0.5) is 0 Å². The van der Waals surface area contributed by atoms with Crippen molar-refractivity contribution in [3.05, 3.63) is 16.3 Å². The molecule has 0 aromatic carbocycles. The van der Waals surface area contributed by atoms with E-state index in [0.29, 0.717) is 29.3 Å². The van der Waals surface area contributed by atoms with Crippen LogP contribution in [0.5, 0.6) is 5.75 Å². The molecule has 0 radical (unpaired) electrons. The molecule has 1 amide bonds. The molecule has 2 rings (SSSR count). The molecule has 1 heterocycles. The van der Waals surface area contributed by atoms with Crippen molar-refractivity contribution >= 4 is 23.0 Å². The minimum atomic E-state index is -0.461. The van der Waals surface area contributed by atoms with Crippen molar-refractivity contribution in [2.45, 2.75) is 31.8 Å².